The minimum Gasteiger partial charge on any atom is -0.494 e. The highest BCUT2D eigenvalue weighted by atomic mass is 16.7. The van der Waals surface area contributed by atoms with Crippen molar-refractivity contribution in [3.05, 3.63) is 58.4 Å². The van der Waals surface area contributed by atoms with Crippen molar-refractivity contribution in [3.8, 4) is 17.2 Å². The van der Waals surface area contributed by atoms with Crippen molar-refractivity contribution >= 4 is 22.6 Å². The zero-order valence-electron chi connectivity index (χ0n) is 13.9. The highest BCUT2D eigenvalue weighted by Gasteiger charge is 2.17. The zero-order valence-corrected chi connectivity index (χ0v) is 13.9. The third-order valence-corrected chi connectivity index (χ3v) is 3.89. The molecule has 0 atom stereocenters. The van der Waals surface area contributed by atoms with Gasteiger partial charge in [0.05, 0.1) is 6.61 Å². The molecule has 0 saturated heterocycles. The molecule has 1 amide bonds. The van der Waals surface area contributed by atoms with E-state index >= 15 is 0 Å². The van der Waals surface area contributed by atoms with Crippen LogP contribution in [0.3, 0.4) is 0 Å². The van der Waals surface area contributed by atoms with Crippen LogP contribution in [0.15, 0.2) is 51.7 Å². The summed E-state index contributed by atoms with van der Waals surface area (Å²) in [4.78, 5) is 24.7. The Labute approximate surface area is 148 Å². The van der Waals surface area contributed by atoms with Gasteiger partial charge in [0.2, 0.25) is 6.79 Å². The highest BCUT2D eigenvalue weighted by molar-refractivity contribution is 6.05. The van der Waals surface area contributed by atoms with E-state index in [2.05, 4.69) is 5.32 Å². The first-order valence-electron chi connectivity index (χ1n) is 8.06. The molecule has 0 saturated carbocycles. The quantitative estimate of drug-likeness (QED) is 0.725. The number of fused-ring (bicyclic) bond motifs is 2. The van der Waals surface area contributed by atoms with Crippen LogP contribution < -0.4 is 25.2 Å². The summed E-state index contributed by atoms with van der Waals surface area (Å²) in [6.07, 6.45) is 0. The molecule has 26 heavy (non-hydrogen) atoms. The Hall–Kier alpha value is -3.48. The van der Waals surface area contributed by atoms with Crippen molar-refractivity contribution in [2.75, 3.05) is 18.7 Å². The Bertz CT molecular complexity index is 1060. The number of hydrogen-bond acceptors (Lipinski definition) is 6. The lowest BCUT2D eigenvalue weighted by Gasteiger charge is -2.07. The van der Waals surface area contributed by atoms with Crippen molar-refractivity contribution in [2.24, 2.45) is 0 Å². The van der Waals surface area contributed by atoms with Crippen molar-refractivity contribution in [1.29, 1.82) is 0 Å². The van der Waals surface area contributed by atoms with Crippen LogP contribution in [0, 0.1) is 0 Å². The van der Waals surface area contributed by atoms with Gasteiger partial charge in [0, 0.05) is 23.2 Å². The molecule has 1 aromatic heterocycles. The lowest BCUT2D eigenvalue weighted by Crippen LogP contribution is -2.20. The molecule has 1 aliphatic rings. The average Bonchev–Trinajstić information content (AvgIpc) is 3.09. The Morgan fingerprint density at radius 2 is 1.96 bits per heavy atom. The van der Waals surface area contributed by atoms with E-state index < -0.39 is 11.5 Å². The van der Waals surface area contributed by atoms with Gasteiger partial charge in [0.15, 0.2) is 11.5 Å². The highest BCUT2D eigenvalue weighted by Crippen LogP contribution is 2.34. The zero-order chi connectivity index (χ0) is 18.1. The molecule has 2 aromatic carbocycles. The molecular formula is C19H15NO6. The lowest BCUT2D eigenvalue weighted by molar-refractivity contribution is 0.102. The summed E-state index contributed by atoms with van der Waals surface area (Å²) in [5.41, 5.74) is 0.0507. The number of nitrogens with one attached hydrogen (secondary N) is 1. The van der Waals surface area contributed by atoms with E-state index in [1.54, 1.807) is 36.4 Å². The summed E-state index contributed by atoms with van der Waals surface area (Å²) in [7, 11) is 0. The smallest absolute Gasteiger partial charge is 0.349 e. The maximum atomic E-state index is 12.5. The topological polar surface area (TPSA) is 87.0 Å². The summed E-state index contributed by atoms with van der Waals surface area (Å²) >= 11 is 0. The maximum absolute atomic E-state index is 12.5. The molecule has 0 spiro atoms. The van der Waals surface area contributed by atoms with Gasteiger partial charge < -0.3 is 23.9 Å². The molecule has 1 aliphatic heterocycles. The molecule has 4 rings (SSSR count). The summed E-state index contributed by atoms with van der Waals surface area (Å²) in [6, 6.07) is 11.6. The van der Waals surface area contributed by atoms with Crippen molar-refractivity contribution in [2.45, 2.75) is 6.92 Å². The second-order valence-electron chi connectivity index (χ2n) is 5.60. The average molecular weight is 353 g/mol. The Morgan fingerprint density at radius 1 is 1.12 bits per heavy atom. The lowest BCUT2D eigenvalue weighted by atomic mass is 10.1. The van der Waals surface area contributed by atoms with Gasteiger partial charge in [-0.3, -0.25) is 4.79 Å². The first kappa shape index (κ1) is 16.0. The number of ether oxygens (including phenoxy) is 3. The SMILES string of the molecule is CCOc1ccc2cc(C(=O)Nc3ccc4c(c3)OCO4)c(=O)oc2c1. The van der Waals surface area contributed by atoms with E-state index in [9.17, 15) is 9.59 Å². The fraction of sp³-hybridized carbons (Fsp3) is 0.158. The number of anilines is 1. The summed E-state index contributed by atoms with van der Waals surface area (Å²) in [5.74, 6) is 1.18. The fourth-order valence-corrected chi connectivity index (χ4v) is 2.68. The second kappa shape index (κ2) is 6.44. The van der Waals surface area contributed by atoms with Crippen molar-refractivity contribution in [3.63, 3.8) is 0 Å². The maximum Gasteiger partial charge on any atom is 0.349 e. The van der Waals surface area contributed by atoms with Crippen LogP contribution in [-0.4, -0.2) is 19.3 Å². The van der Waals surface area contributed by atoms with Gasteiger partial charge in [-0.1, -0.05) is 0 Å². The van der Waals surface area contributed by atoms with Crippen molar-refractivity contribution in [1.82, 2.24) is 0 Å². The summed E-state index contributed by atoms with van der Waals surface area (Å²) in [5, 5.41) is 3.29. The largest absolute Gasteiger partial charge is 0.494 e. The van der Waals surface area contributed by atoms with E-state index in [1.807, 2.05) is 6.92 Å². The van der Waals surface area contributed by atoms with Crippen LogP contribution in [0.4, 0.5) is 5.69 Å². The van der Waals surface area contributed by atoms with Gasteiger partial charge in [0.1, 0.15) is 16.9 Å². The van der Waals surface area contributed by atoms with Gasteiger partial charge in [-0.15, -0.1) is 0 Å². The van der Waals surface area contributed by atoms with Gasteiger partial charge in [-0.2, -0.15) is 0 Å². The third kappa shape index (κ3) is 2.95. The summed E-state index contributed by atoms with van der Waals surface area (Å²) in [6.45, 7) is 2.51. The van der Waals surface area contributed by atoms with Crippen LogP contribution in [-0.2, 0) is 0 Å². The predicted molar refractivity (Wildman–Crippen MR) is 94.2 cm³/mol. The third-order valence-electron chi connectivity index (χ3n) is 3.89. The molecule has 7 nitrogen and oxygen atoms in total. The number of carbonyl (C=O) groups is 1. The number of carbonyl (C=O) groups excluding carboxylic acids is 1. The molecule has 7 heteroatoms. The second-order valence-corrected chi connectivity index (χ2v) is 5.60. The van der Waals surface area contributed by atoms with Gasteiger partial charge in [-0.05, 0) is 37.3 Å². The van der Waals surface area contributed by atoms with Crippen LogP contribution >= 0.6 is 0 Å². The van der Waals surface area contributed by atoms with E-state index in [0.29, 0.717) is 40.5 Å². The molecule has 0 radical (unpaired) electrons. The Morgan fingerprint density at radius 3 is 2.81 bits per heavy atom. The van der Waals surface area contributed by atoms with E-state index in [-0.39, 0.29) is 12.4 Å². The molecule has 0 fully saturated rings. The molecule has 0 unspecified atom stereocenters. The molecule has 2 heterocycles. The number of rotatable bonds is 4. The monoisotopic (exact) mass is 353 g/mol. The van der Waals surface area contributed by atoms with Gasteiger partial charge in [-0.25, -0.2) is 4.79 Å². The molecule has 0 bridgehead atoms. The van der Waals surface area contributed by atoms with Gasteiger partial charge in [0.25, 0.3) is 5.91 Å². The van der Waals surface area contributed by atoms with E-state index in [4.69, 9.17) is 18.6 Å². The Kier molecular flexibility index (Phi) is 3.96. The van der Waals surface area contributed by atoms with Crippen LogP contribution in [0.2, 0.25) is 0 Å². The van der Waals surface area contributed by atoms with Crippen LogP contribution in [0.25, 0.3) is 11.0 Å². The van der Waals surface area contributed by atoms with Gasteiger partial charge >= 0.3 is 5.63 Å². The van der Waals surface area contributed by atoms with E-state index in [0.717, 1.165) is 0 Å². The summed E-state index contributed by atoms with van der Waals surface area (Å²) < 4.78 is 21.2. The number of benzene rings is 2. The molecule has 3 aromatic rings. The molecule has 132 valence electrons. The first-order valence-corrected chi connectivity index (χ1v) is 8.06. The minimum atomic E-state index is -0.718. The molecular weight excluding hydrogens is 338 g/mol. The normalized spacial score (nSPS) is 12.2. The number of amides is 1. The molecule has 1 N–H and O–H groups in total. The van der Waals surface area contributed by atoms with Crippen LogP contribution in [0.1, 0.15) is 17.3 Å². The van der Waals surface area contributed by atoms with E-state index in [1.165, 1.54) is 6.07 Å². The Balaban J connectivity index is 1.63. The molecule has 0 aliphatic carbocycles. The number of hydrogen-bond donors (Lipinski definition) is 1. The van der Waals surface area contributed by atoms with Crippen LogP contribution in [0.5, 0.6) is 17.2 Å². The standard InChI is InChI=1S/C19H15NO6/c1-2-23-13-5-3-11-7-14(19(22)26-16(11)9-13)18(21)20-12-4-6-15-17(8-12)25-10-24-15/h3-9H,2,10H2,1H3,(H,20,21). The fourth-order valence-electron chi connectivity index (χ4n) is 2.68. The minimum absolute atomic E-state index is 0.0840. The van der Waals surface area contributed by atoms with Crippen molar-refractivity contribution < 1.29 is 23.4 Å². The predicted octanol–water partition coefficient (Wildman–Crippen LogP) is 3.17. The first-order chi connectivity index (χ1) is 12.6.